The largest absolute Gasteiger partial charge is 0.268 e. The first kappa shape index (κ1) is 18.5. The number of thioether (sulfide) groups is 1. The monoisotopic (exact) mass is 386 g/mol. The van der Waals surface area contributed by atoms with Gasteiger partial charge in [-0.3, -0.25) is 9.36 Å². The van der Waals surface area contributed by atoms with Crippen molar-refractivity contribution in [2.45, 2.75) is 24.9 Å². The number of aromatic nitrogens is 2. The van der Waals surface area contributed by atoms with E-state index in [1.165, 1.54) is 11.1 Å². The second-order valence-corrected chi connectivity index (χ2v) is 7.89. The fourth-order valence-electron chi connectivity index (χ4n) is 3.22. The third-order valence-corrected chi connectivity index (χ3v) is 5.75. The molecule has 1 heterocycles. The van der Waals surface area contributed by atoms with Gasteiger partial charge >= 0.3 is 0 Å². The Morgan fingerprint density at radius 2 is 1.61 bits per heavy atom. The van der Waals surface area contributed by atoms with Crippen LogP contribution in [0.2, 0.25) is 0 Å². The van der Waals surface area contributed by atoms with Crippen molar-refractivity contribution in [3.63, 3.8) is 0 Å². The molecule has 3 nitrogen and oxygen atoms in total. The maximum absolute atomic E-state index is 13.2. The molecule has 28 heavy (non-hydrogen) atoms. The molecule has 140 valence electrons. The van der Waals surface area contributed by atoms with Crippen LogP contribution in [0.3, 0.4) is 0 Å². The van der Waals surface area contributed by atoms with Gasteiger partial charge in [0.15, 0.2) is 5.16 Å². The van der Waals surface area contributed by atoms with Crippen LogP contribution in [0.5, 0.6) is 0 Å². The molecule has 4 heteroatoms. The van der Waals surface area contributed by atoms with Crippen LogP contribution in [0.1, 0.15) is 17.5 Å². The van der Waals surface area contributed by atoms with E-state index in [9.17, 15) is 4.79 Å². The van der Waals surface area contributed by atoms with Crippen LogP contribution in [0.4, 0.5) is 0 Å². The zero-order chi connectivity index (χ0) is 19.3. The van der Waals surface area contributed by atoms with Crippen molar-refractivity contribution in [1.82, 2.24) is 9.55 Å². The molecule has 3 aromatic carbocycles. The fraction of sp³-hybridized carbons (Fsp3) is 0.167. The van der Waals surface area contributed by atoms with Gasteiger partial charge in [0, 0.05) is 5.75 Å². The third-order valence-electron chi connectivity index (χ3n) is 4.72. The highest BCUT2D eigenvalue weighted by molar-refractivity contribution is 7.99. The predicted octanol–water partition coefficient (Wildman–Crippen LogP) is 5.42. The van der Waals surface area contributed by atoms with Crippen LogP contribution >= 0.6 is 11.8 Å². The second-order valence-electron chi connectivity index (χ2n) is 6.83. The summed E-state index contributed by atoms with van der Waals surface area (Å²) < 4.78 is 1.74. The molecule has 4 rings (SSSR count). The SMILES string of the molecule is Cc1ccc(-n2c(SCCCc3ccccc3)nc3ccccc3c2=O)cc1. The van der Waals surface area contributed by atoms with E-state index in [-0.39, 0.29) is 5.56 Å². The van der Waals surface area contributed by atoms with Gasteiger partial charge < -0.3 is 0 Å². The van der Waals surface area contributed by atoms with Crippen molar-refractivity contribution in [3.05, 3.63) is 100 Å². The molecule has 0 bridgehead atoms. The molecule has 1 aromatic heterocycles. The fourth-order valence-corrected chi connectivity index (χ4v) is 4.17. The molecule has 0 saturated heterocycles. The van der Waals surface area contributed by atoms with E-state index in [2.05, 4.69) is 24.3 Å². The Kier molecular flexibility index (Phi) is 5.58. The van der Waals surface area contributed by atoms with Gasteiger partial charge in [0.25, 0.3) is 5.56 Å². The average molecular weight is 387 g/mol. The van der Waals surface area contributed by atoms with E-state index < -0.39 is 0 Å². The molecule has 0 atom stereocenters. The van der Waals surface area contributed by atoms with E-state index >= 15 is 0 Å². The van der Waals surface area contributed by atoms with Gasteiger partial charge in [0.2, 0.25) is 0 Å². The quantitative estimate of drug-likeness (QED) is 0.252. The summed E-state index contributed by atoms with van der Waals surface area (Å²) in [6.07, 6.45) is 2.06. The molecule has 0 unspecified atom stereocenters. The topological polar surface area (TPSA) is 34.9 Å². The van der Waals surface area contributed by atoms with Gasteiger partial charge in [0.1, 0.15) is 0 Å². The first-order chi connectivity index (χ1) is 13.7. The summed E-state index contributed by atoms with van der Waals surface area (Å²) in [5.41, 5.74) is 4.11. The number of hydrogen-bond donors (Lipinski definition) is 0. The van der Waals surface area contributed by atoms with Gasteiger partial charge in [-0.15, -0.1) is 0 Å². The van der Waals surface area contributed by atoms with Crippen LogP contribution < -0.4 is 5.56 Å². The highest BCUT2D eigenvalue weighted by Crippen LogP contribution is 2.22. The molecular weight excluding hydrogens is 364 g/mol. The molecule has 0 spiro atoms. The minimum absolute atomic E-state index is 0.0139. The molecule has 0 saturated carbocycles. The Hall–Kier alpha value is -2.85. The van der Waals surface area contributed by atoms with Crippen molar-refractivity contribution in [2.75, 3.05) is 5.75 Å². The van der Waals surface area contributed by atoms with Gasteiger partial charge in [-0.2, -0.15) is 0 Å². The molecule has 0 N–H and O–H groups in total. The number of nitrogens with zero attached hydrogens (tertiary/aromatic N) is 2. The molecule has 0 aliphatic carbocycles. The highest BCUT2D eigenvalue weighted by Gasteiger charge is 2.13. The minimum Gasteiger partial charge on any atom is -0.268 e. The summed E-state index contributed by atoms with van der Waals surface area (Å²) in [4.78, 5) is 18.0. The summed E-state index contributed by atoms with van der Waals surface area (Å²) in [6, 6.07) is 26.1. The predicted molar refractivity (Wildman–Crippen MR) is 118 cm³/mol. The standard InChI is InChI=1S/C24H22N2OS/c1-18-13-15-20(16-14-18)26-23(27)21-11-5-6-12-22(21)25-24(26)28-17-7-10-19-8-3-2-4-9-19/h2-6,8-9,11-16H,7,10,17H2,1H3. The smallest absolute Gasteiger partial charge is 0.266 e. The number of benzene rings is 3. The lowest BCUT2D eigenvalue weighted by Gasteiger charge is -2.13. The van der Waals surface area contributed by atoms with Crippen molar-refractivity contribution in [3.8, 4) is 5.69 Å². The van der Waals surface area contributed by atoms with Crippen LogP contribution in [-0.2, 0) is 6.42 Å². The molecule has 0 amide bonds. The van der Waals surface area contributed by atoms with Gasteiger partial charge in [-0.25, -0.2) is 4.98 Å². The Morgan fingerprint density at radius 3 is 2.39 bits per heavy atom. The summed E-state index contributed by atoms with van der Waals surface area (Å²) in [5.74, 6) is 0.908. The molecule has 0 fully saturated rings. The van der Waals surface area contributed by atoms with Gasteiger partial charge in [-0.05, 0) is 49.6 Å². The summed E-state index contributed by atoms with van der Waals surface area (Å²) >= 11 is 1.65. The number of para-hydroxylation sites is 1. The number of hydrogen-bond acceptors (Lipinski definition) is 3. The Labute approximate surface area is 169 Å². The van der Waals surface area contributed by atoms with Crippen LogP contribution in [0.25, 0.3) is 16.6 Å². The summed E-state index contributed by atoms with van der Waals surface area (Å²) in [5, 5.41) is 1.40. The third kappa shape index (κ3) is 4.02. The molecule has 0 aliphatic heterocycles. The van der Waals surface area contributed by atoms with Crippen molar-refractivity contribution in [2.24, 2.45) is 0 Å². The zero-order valence-electron chi connectivity index (χ0n) is 15.8. The second kappa shape index (κ2) is 8.44. The first-order valence-electron chi connectivity index (χ1n) is 9.48. The first-order valence-corrected chi connectivity index (χ1v) is 10.5. The zero-order valence-corrected chi connectivity index (χ0v) is 16.7. The van der Waals surface area contributed by atoms with E-state index in [1.807, 2.05) is 61.5 Å². The average Bonchev–Trinajstić information content (AvgIpc) is 2.73. The van der Waals surface area contributed by atoms with E-state index in [4.69, 9.17) is 4.98 Å². The molecule has 0 radical (unpaired) electrons. The van der Waals surface area contributed by atoms with Crippen molar-refractivity contribution in [1.29, 1.82) is 0 Å². The van der Waals surface area contributed by atoms with E-state index in [0.29, 0.717) is 5.39 Å². The Bertz CT molecular complexity index is 1130. The van der Waals surface area contributed by atoms with Crippen molar-refractivity contribution >= 4 is 22.7 Å². The normalized spacial score (nSPS) is 11.0. The summed E-state index contributed by atoms with van der Waals surface area (Å²) in [7, 11) is 0. The van der Waals surface area contributed by atoms with Gasteiger partial charge in [0.05, 0.1) is 16.6 Å². The molecular formula is C24H22N2OS. The van der Waals surface area contributed by atoms with Crippen LogP contribution in [0.15, 0.2) is 88.8 Å². The number of rotatable bonds is 6. The number of aryl methyl sites for hydroxylation is 2. The Morgan fingerprint density at radius 1 is 0.893 bits per heavy atom. The lowest BCUT2D eigenvalue weighted by atomic mass is 10.1. The lowest BCUT2D eigenvalue weighted by molar-refractivity contribution is 0.816. The van der Waals surface area contributed by atoms with Gasteiger partial charge in [-0.1, -0.05) is 71.9 Å². The minimum atomic E-state index is -0.0139. The Balaban J connectivity index is 1.64. The van der Waals surface area contributed by atoms with Crippen LogP contribution in [0, 0.1) is 6.92 Å². The summed E-state index contributed by atoms with van der Waals surface area (Å²) in [6.45, 7) is 2.05. The molecule has 0 aliphatic rings. The van der Waals surface area contributed by atoms with Crippen molar-refractivity contribution < 1.29 is 0 Å². The maximum atomic E-state index is 13.2. The maximum Gasteiger partial charge on any atom is 0.266 e. The molecule has 4 aromatic rings. The lowest BCUT2D eigenvalue weighted by Crippen LogP contribution is -2.21. The van der Waals surface area contributed by atoms with E-state index in [0.717, 1.165) is 35.0 Å². The van der Waals surface area contributed by atoms with Crippen LogP contribution in [-0.4, -0.2) is 15.3 Å². The van der Waals surface area contributed by atoms with E-state index in [1.54, 1.807) is 16.3 Å². The highest BCUT2D eigenvalue weighted by atomic mass is 32.2. The number of fused-ring (bicyclic) bond motifs is 1.